The van der Waals surface area contributed by atoms with Crippen LogP contribution in [0.3, 0.4) is 0 Å². The molecule has 0 saturated heterocycles. The Morgan fingerprint density at radius 3 is 2.41 bits per heavy atom. The molecule has 2 aromatic rings. The number of hydrogen-bond donors (Lipinski definition) is 2. The summed E-state index contributed by atoms with van der Waals surface area (Å²) in [7, 11) is 0. The number of para-hydroxylation sites is 1. The van der Waals surface area contributed by atoms with Gasteiger partial charge in [0.2, 0.25) is 5.91 Å². The molecule has 1 amide bonds. The molecule has 1 aromatic heterocycles. The fourth-order valence-corrected chi connectivity index (χ4v) is 2.00. The van der Waals surface area contributed by atoms with Crippen molar-refractivity contribution in [3.63, 3.8) is 0 Å². The van der Waals surface area contributed by atoms with Crippen LogP contribution < -0.4 is 5.32 Å². The van der Waals surface area contributed by atoms with E-state index >= 15 is 0 Å². The van der Waals surface area contributed by atoms with Gasteiger partial charge in [0.05, 0.1) is 18.8 Å². The van der Waals surface area contributed by atoms with Crippen LogP contribution in [-0.4, -0.2) is 40.0 Å². The average Bonchev–Trinajstić information content (AvgIpc) is 2.48. The zero-order valence-electron chi connectivity index (χ0n) is 12.0. The first kappa shape index (κ1) is 15.7. The number of benzene rings is 1. The van der Waals surface area contributed by atoms with Gasteiger partial charge in [0.15, 0.2) is 0 Å². The standard InChI is InChI=1S/C16H17N3O3/c20-15(18-13-6-2-1-3-7-13)11-19(12-16(21)22)10-14-8-4-5-9-17-14/h1-9H,10-12H2,(H,18,20)(H,21,22). The number of aromatic nitrogens is 1. The number of carbonyl (C=O) groups is 2. The van der Waals surface area contributed by atoms with E-state index < -0.39 is 5.97 Å². The molecule has 2 N–H and O–H groups in total. The summed E-state index contributed by atoms with van der Waals surface area (Å²) in [5, 5.41) is 11.7. The molecular weight excluding hydrogens is 282 g/mol. The van der Waals surface area contributed by atoms with Crippen molar-refractivity contribution in [2.75, 3.05) is 18.4 Å². The van der Waals surface area contributed by atoms with Crippen LogP contribution >= 0.6 is 0 Å². The third-order valence-corrected chi connectivity index (χ3v) is 2.90. The van der Waals surface area contributed by atoms with Gasteiger partial charge < -0.3 is 10.4 Å². The minimum Gasteiger partial charge on any atom is -0.480 e. The van der Waals surface area contributed by atoms with Gasteiger partial charge in [0.1, 0.15) is 0 Å². The Labute approximate surface area is 128 Å². The summed E-state index contributed by atoms with van der Waals surface area (Å²) >= 11 is 0. The predicted molar refractivity (Wildman–Crippen MR) is 82.2 cm³/mol. The highest BCUT2D eigenvalue weighted by molar-refractivity contribution is 5.92. The largest absolute Gasteiger partial charge is 0.480 e. The number of anilines is 1. The average molecular weight is 299 g/mol. The molecule has 0 atom stereocenters. The molecule has 0 unspecified atom stereocenters. The minimum absolute atomic E-state index is 0.0161. The predicted octanol–water partition coefficient (Wildman–Crippen LogP) is 1.61. The highest BCUT2D eigenvalue weighted by Gasteiger charge is 2.15. The summed E-state index contributed by atoms with van der Waals surface area (Å²) in [6.45, 7) is 0.0614. The fraction of sp³-hybridized carbons (Fsp3) is 0.188. The molecule has 0 radical (unpaired) electrons. The molecule has 1 heterocycles. The Morgan fingerprint density at radius 2 is 1.77 bits per heavy atom. The van der Waals surface area contributed by atoms with Gasteiger partial charge >= 0.3 is 5.97 Å². The molecule has 0 spiro atoms. The zero-order valence-corrected chi connectivity index (χ0v) is 12.0. The second-order valence-electron chi connectivity index (χ2n) is 4.77. The van der Waals surface area contributed by atoms with E-state index in [-0.39, 0.29) is 19.0 Å². The van der Waals surface area contributed by atoms with E-state index in [1.165, 1.54) is 4.90 Å². The summed E-state index contributed by atoms with van der Waals surface area (Å²) in [5.74, 6) is -1.24. The van der Waals surface area contributed by atoms with Gasteiger partial charge in [-0.1, -0.05) is 24.3 Å². The normalized spacial score (nSPS) is 10.4. The van der Waals surface area contributed by atoms with E-state index in [4.69, 9.17) is 5.11 Å². The van der Waals surface area contributed by atoms with E-state index in [1.54, 1.807) is 30.5 Å². The topological polar surface area (TPSA) is 82.5 Å². The zero-order chi connectivity index (χ0) is 15.8. The first-order chi connectivity index (χ1) is 10.6. The molecule has 22 heavy (non-hydrogen) atoms. The molecule has 6 heteroatoms. The number of aliphatic carboxylic acids is 1. The van der Waals surface area contributed by atoms with Crippen LogP contribution in [0.1, 0.15) is 5.69 Å². The minimum atomic E-state index is -0.983. The molecule has 6 nitrogen and oxygen atoms in total. The molecule has 0 fully saturated rings. The van der Waals surface area contributed by atoms with Crippen molar-refractivity contribution < 1.29 is 14.7 Å². The number of pyridine rings is 1. The van der Waals surface area contributed by atoms with Crippen LogP contribution in [0.2, 0.25) is 0 Å². The van der Waals surface area contributed by atoms with Crippen molar-refractivity contribution in [2.45, 2.75) is 6.54 Å². The molecule has 1 aromatic carbocycles. The van der Waals surface area contributed by atoms with E-state index in [0.29, 0.717) is 12.2 Å². The lowest BCUT2D eigenvalue weighted by Crippen LogP contribution is -2.36. The summed E-state index contributed by atoms with van der Waals surface area (Å²) in [6, 6.07) is 14.4. The quantitative estimate of drug-likeness (QED) is 0.811. The van der Waals surface area contributed by atoms with Crippen molar-refractivity contribution in [2.24, 2.45) is 0 Å². The highest BCUT2D eigenvalue weighted by atomic mass is 16.4. The van der Waals surface area contributed by atoms with Gasteiger partial charge in [-0.3, -0.25) is 19.5 Å². The SMILES string of the molecule is O=C(O)CN(CC(=O)Nc1ccccc1)Cc1ccccn1. The second kappa shape index (κ2) is 7.90. The van der Waals surface area contributed by atoms with E-state index in [9.17, 15) is 9.59 Å². The number of carboxylic acid groups (broad SMARTS) is 1. The number of rotatable bonds is 7. The number of amides is 1. The van der Waals surface area contributed by atoms with Crippen molar-refractivity contribution in [3.05, 3.63) is 60.4 Å². The van der Waals surface area contributed by atoms with Crippen LogP contribution in [0.4, 0.5) is 5.69 Å². The lowest BCUT2D eigenvalue weighted by atomic mass is 10.3. The van der Waals surface area contributed by atoms with E-state index in [0.717, 1.165) is 5.69 Å². The van der Waals surface area contributed by atoms with Gasteiger partial charge in [0.25, 0.3) is 0 Å². The van der Waals surface area contributed by atoms with Gasteiger partial charge in [-0.2, -0.15) is 0 Å². The van der Waals surface area contributed by atoms with Crippen LogP contribution in [0.5, 0.6) is 0 Å². The molecule has 114 valence electrons. The Hall–Kier alpha value is -2.73. The Bertz CT molecular complexity index is 617. The highest BCUT2D eigenvalue weighted by Crippen LogP contribution is 2.06. The maximum absolute atomic E-state index is 12.0. The number of hydrogen-bond acceptors (Lipinski definition) is 4. The second-order valence-corrected chi connectivity index (χ2v) is 4.77. The summed E-state index contributed by atoms with van der Waals surface area (Å²) in [6.07, 6.45) is 1.64. The van der Waals surface area contributed by atoms with Crippen molar-refractivity contribution in [1.82, 2.24) is 9.88 Å². The van der Waals surface area contributed by atoms with Crippen LogP contribution in [0.25, 0.3) is 0 Å². The van der Waals surface area contributed by atoms with Crippen molar-refractivity contribution in [3.8, 4) is 0 Å². The number of nitrogens with zero attached hydrogens (tertiary/aromatic N) is 2. The first-order valence-electron chi connectivity index (χ1n) is 6.82. The molecular formula is C16H17N3O3. The van der Waals surface area contributed by atoms with Crippen molar-refractivity contribution >= 4 is 17.6 Å². The smallest absolute Gasteiger partial charge is 0.317 e. The lowest BCUT2D eigenvalue weighted by Gasteiger charge is -2.19. The third-order valence-electron chi connectivity index (χ3n) is 2.90. The molecule has 0 bridgehead atoms. The number of nitrogens with one attached hydrogen (secondary N) is 1. The Balaban J connectivity index is 1.97. The molecule has 0 aliphatic carbocycles. The number of carboxylic acids is 1. The van der Waals surface area contributed by atoms with Gasteiger partial charge in [-0.25, -0.2) is 0 Å². The molecule has 2 rings (SSSR count). The van der Waals surface area contributed by atoms with E-state index in [1.807, 2.05) is 24.3 Å². The molecule has 0 aliphatic heterocycles. The van der Waals surface area contributed by atoms with Crippen LogP contribution in [0, 0.1) is 0 Å². The maximum atomic E-state index is 12.0. The summed E-state index contributed by atoms with van der Waals surface area (Å²) in [4.78, 5) is 28.7. The first-order valence-corrected chi connectivity index (χ1v) is 6.82. The molecule has 0 aliphatic rings. The Kier molecular flexibility index (Phi) is 5.62. The number of carbonyl (C=O) groups excluding carboxylic acids is 1. The fourth-order valence-electron chi connectivity index (χ4n) is 2.00. The summed E-state index contributed by atoms with van der Waals surface area (Å²) < 4.78 is 0. The maximum Gasteiger partial charge on any atom is 0.317 e. The molecule has 0 saturated carbocycles. The van der Waals surface area contributed by atoms with E-state index in [2.05, 4.69) is 10.3 Å². The lowest BCUT2D eigenvalue weighted by molar-refractivity contribution is -0.138. The third kappa shape index (κ3) is 5.34. The van der Waals surface area contributed by atoms with Gasteiger partial charge in [-0.05, 0) is 24.3 Å². The van der Waals surface area contributed by atoms with Crippen molar-refractivity contribution in [1.29, 1.82) is 0 Å². The van der Waals surface area contributed by atoms with Gasteiger partial charge in [0, 0.05) is 18.4 Å². The van der Waals surface area contributed by atoms with Gasteiger partial charge in [-0.15, -0.1) is 0 Å². The summed E-state index contributed by atoms with van der Waals surface area (Å²) in [5.41, 5.74) is 1.40. The Morgan fingerprint density at radius 1 is 1.05 bits per heavy atom. The monoisotopic (exact) mass is 299 g/mol. The van der Waals surface area contributed by atoms with Crippen LogP contribution in [-0.2, 0) is 16.1 Å². The van der Waals surface area contributed by atoms with Crippen LogP contribution in [0.15, 0.2) is 54.7 Å².